The molecule has 1 unspecified atom stereocenters. The molecule has 0 spiro atoms. The van der Waals surface area contributed by atoms with Crippen LogP contribution in [0.3, 0.4) is 0 Å². The zero-order valence-corrected chi connectivity index (χ0v) is 11.2. The van der Waals surface area contributed by atoms with Gasteiger partial charge in [-0.1, -0.05) is 18.2 Å². The van der Waals surface area contributed by atoms with Gasteiger partial charge in [0.2, 0.25) is 0 Å². The minimum atomic E-state index is -0.644. The molecule has 0 saturated carbocycles. The monoisotopic (exact) mass is 268 g/mol. The summed E-state index contributed by atoms with van der Waals surface area (Å²) in [6.45, 7) is 0. The minimum absolute atomic E-state index is 0.465. The van der Waals surface area contributed by atoms with Crippen molar-refractivity contribution in [3.05, 3.63) is 66.2 Å². The van der Waals surface area contributed by atoms with Crippen LogP contribution >= 0.6 is 0 Å². The van der Waals surface area contributed by atoms with Crippen molar-refractivity contribution < 1.29 is 5.11 Å². The Balaban J connectivity index is 1.76. The van der Waals surface area contributed by atoms with E-state index in [9.17, 15) is 5.11 Å². The highest BCUT2D eigenvalue weighted by atomic mass is 16.3. The third-order valence-electron chi connectivity index (χ3n) is 3.14. The summed E-state index contributed by atoms with van der Waals surface area (Å²) in [7, 11) is 1.86. The van der Waals surface area contributed by atoms with Gasteiger partial charge in [-0.2, -0.15) is 10.2 Å². The van der Waals surface area contributed by atoms with Crippen molar-refractivity contribution in [2.24, 2.45) is 7.05 Å². The molecule has 0 radical (unpaired) electrons. The summed E-state index contributed by atoms with van der Waals surface area (Å²) in [4.78, 5) is 0. The van der Waals surface area contributed by atoms with Gasteiger partial charge in [-0.25, -0.2) is 4.68 Å². The number of hydrogen-bond donors (Lipinski definition) is 1. The van der Waals surface area contributed by atoms with Crippen LogP contribution in [0.4, 0.5) is 0 Å². The van der Waals surface area contributed by atoms with Crippen LogP contribution in [-0.2, 0) is 13.5 Å². The first-order valence-electron chi connectivity index (χ1n) is 6.50. The van der Waals surface area contributed by atoms with Crippen LogP contribution in [-0.4, -0.2) is 24.7 Å². The van der Waals surface area contributed by atoms with Gasteiger partial charge in [0.05, 0.1) is 17.1 Å². The van der Waals surface area contributed by atoms with Gasteiger partial charge in [-0.15, -0.1) is 0 Å². The number of benzene rings is 1. The number of rotatable bonds is 4. The average Bonchev–Trinajstić information content (AvgIpc) is 3.09. The largest absolute Gasteiger partial charge is 0.386 e. The fourth-order valence-electron chi connectivity index (χ4n) is 2.11. The standard InChI is InChI=1S/C15H16N4O/c1-18-9-7-12(16-18)11-15(20)14-8-10-19(17-14)13-5-3-2-4-6-13/h2-10,15,20H,11H2,1H3. The lowest BCUT2D eigenvalue weighted by molar-refractivity contribution is 0.171. The summed E-state index contributed by atoms with van der Waals surface area (Å²) < 4.78 is 3.49. The molecule has 1 atom stereocenters. The number of aliphatic hydroxyl groups is 1. The Hall–Kier alpha value is -2.40. The first-order chi connectivity index (χ1) is 9.72. The van der Waals surface area contributed by atoms with Crippen molar-refractivity contribution >= 4 is 0 Å². The molecule has 1 N–H and O–H groups in total. The molecule has 1 aromatic carbocycles. The smallest absolute Gasteiger partial charge is 0.103 e. The molecule has 3 aromatic rings. The second-order valence-electron chi connectivity index (χ2n) is 4.72. The van der Waals surface area contributed by atoms with E-state index in [0.29, 0.717) is 12.1 Å². The summed E-state index contributed by atoms with van der Waals surface area (Å²) in [6.07, 6.45) is 3.54. The van der Waals surface area contributed by atoms with E-state index in [1.54, 1.807) is 9.36 Å². The van der Waals surface area contributed by atoms with Crippen molar-refractivity contribution in [1.29, 1.82) is 0 Å². The van der Waals surface area contributed by atoms with E-state index in [0.717, 1.165) is 11.4 Å². The fourth-order valence-corrected chi connectivity index (χ4v) is 2.11. The first-order valence-corrected chi connectivity index (χ1v) is 6.50. The lowest BCUT2D eigenvalue weighted by Gasteiger charge is -2.05. The maximum absolute atomic E-state index is 10.2. The Bertz CT molecular complexity index is 687. The summed E-state index contributed by atoms with van der Waals surface area (Å²) in [5, 5.41) is 18.9. The van der Waals surface area contributed by atoms with Gasteiger partial charge in [-0.05, 0) is 24.3 Å². The molecule has 0 bridgehead atoms. The van der Waals surface area contributed by atoms with Gasteiger partial charge in [0.1, 0.15) is 6.10 Å². The number of para-hydroxylation sites is 1. The number of hydrogen-bond acceptors (Lipinski definition) is 3. The number of nitrogens with zero attached hydrogens (tertiary/aromatic N) is 4. The van der Waals surface area contributed by atoms with Crippen LogP contribution < -0.4 is 0 Å². The van der Waals surface area contributed by atoms with E-state index in [1.807, 2.05) is 61.9 Å². The molecular weight excluding hydrogens is 252 g/mol. The molecule has 2 aromatic heterocycles. The van der Waals surface area contributed by atoms with Crippen molar-refractivity contribution in [2.45, 2.75) is 12.5 Å². The summed E-state index contributed by atoms with van der Waals surface area (Å²) in [5.74, 6) is 0. The number of aryl methyl sites for hydroxylation is 1. The quantitative estimate of drug-likeness (QED) is 0.786. The zero-order chi connectivity index (χ0) is 13.9. The predicted octanol–water partition coefficient (Wildman–Crippen LogP) is 1.88. The van der Waals surface area contributed by atoms with Crippen LogP contribution in [0.15, 0.2) is 54.9 Å². The molecule has 2 heterocycles. The van der Waals surface area contributed by atoms with Crippen LogP contribution in [0.5, 0.6) is 0 Å². The molecule has 102 valence electrons. The summed E-state index contributed by atoms with van der Waals surface area (Å²) in [5.41, 5.74) is 2.48. The molecule has 0 saturated heterocycles. The van der Waals surface area contributed by atoms with Crippen LogP contribution in [0.1, 0.15) is 17.5 Å². The Kier molecular flexibility index (Phi) is 3.35. The lowest BCUT2D eigenvalue weighted by Crippen LogP contribution is -2.05. The molecular formula is C15H16N4O. The molecule has 0 aliphatic carbocycles. The minimum Gasteiger partial charge on any atom is -0.386 e. The van der Waals surface area contributed by atoms with Gasteiger partial charge >= 0.3 is 0 Å². The van der Waals surface area contributed by atoms with Gasteiger partial charge in [0.15, 0.2) is 0 Å². The van der Waals surface area contributed by atoms with Crippen LogP contribution in [0.25, 0.3) is 5.69 Å². The van der Waals surface area contributed by atoms with E-state index in [-0.39, 0.29) is 0 Å². The normalized spacial score (nSPS) is 12.5. The second kappa shape index (κ2) is 5.30. The van der Waals surface area contributed by atoms with Crippen LogP contribution in [0, 0.1) is 0 Å². The van der Waals surface area contributed by atoms with E-state index in [1.165, 1.54) is 0 Å². The number of aromatic nitrogens is 4. The summed E-state index contributed by atoms with van der Waals surface area (Å²) in [6, 6.07) is 13.6. The van der Waals surface area contributed by atoms with Crippen molar-refractivity contribution in [3.63, 3.8) is 0 Å². The van der Waals surface area contributed by atoms with E-state index >= 15 is 0 Å². The van der Waals surface area contributed by atoms with E-state index in [4.69, 9.17) is 0 Å². The Morgan fingerprint density at radius 1 is 1.05 bits per heavy atom. The van der Waals surface area contributed by atoms with Gasteiger partial charge in [0, 0.05) is 25.9 Å². The Morgan fingerprint density at radius 2 is 1.85 bits per heavy atom. The predicted molar refractivity (Wildman–Crippen MR) is 75.4 cm³/mol. The third kappa shape index (κ3) is 2.62. The molecule has 0 aliphatic rings. The Morgan fingerprint density at radius 3 is 2.55 bits per heavy atom. The highest BCUT2D eigenvalue weighted by molar-refractivity contribution is 5.30. The zero-order valence-electron chi connectivity index (χ0n) is 11.2. The fraction of sp³-hybridized carbons (Fsp3) is 0.200. The molecule has 5 nitrogen and oxygen atoms in total. The maximum Gasteiger partial charge on any atom is 0.103 e. The van der Waals surface area contributed by atoms with E-state index in [2.05, 4.69) is 10.2 Å². The van der Waals surface area contributed by atoms with Crippen molar-refractivity contribution in [2.75, 3.05) is 0 Å². The highest BCUT2D eigenvalue weighted by Gasteiger charge is 2.13. The molecule has 5 heteroatoms. The first kappa shape index (κ1) is 12.6. The van der Waals surface area contributed by atoms with Crippen molar-refractivity contribution in [1.82, 2.24) is 19.6 Å². The van der Waals surface area contributed by atoms with Gasteiger partial charge in [0.25, 0.3) is 0 Å². The van der Waals surface area contributed by atoms with Gasteiger partial charge < -0.3 is 5.11 Å². The van der Waals surface area contributed by atoms with Crippen molar-refractivity contribution in [3.8, 4) is 5.69 Å². The highest BCUT2D eigenvalue weighted by Crippen LogP contribution is 2.17. The van der Waals surface area contributed by atoms with Crippen LogP contribution in [0.2, 0.25) is 0 Å². The average molecular weight is 268 g/mol. The Labute approximate surface area is 117 Å². The topological polar surface area (TPSA) is 55.9 Å². The number of aliphatic hydroxyl groups excluding tert-OH is 1. The van der Waals surface area contributed by atoms with Gasteiger partial charge in [-0.3, -0.25) is 4.68 Å². The SMILES string of the molecule is Cn1ccc(CC(O)c2ccn(-c3ccccc3)n2)n1. The lowest BCUT2D eigenvalue weighted by atomic mass is 10.1. The summed E-state index contributed by atoms with van der Waals surface area (Å²) >= 11 is 0. The third-order valence-corrected chi connectivity index (χ3v) is 3.14. The molecule has 0 amide bonds. The molecule has 0 aliphatic heterocycles. The van der Waals surface area contributed by atoms with E-state index < -0.39 is 6.10 Å². The molecule has 20 heavy (non-hydrogen) atoms. The molecule has 3 rings (SSSR count). The maximum atomic E-state index is 10.2. The molecule has 0 fully saturated rings. The second-order valence-corrected chi connectivity index (χ2v) is 4.72.